The molecule has 16 heavy (non-hydrogen) atoms. The van der Waals surface area contributed by atoms with Crippen molar-refractivity contribution in [3.63, 3.8) is 0 Å². The zero-order valence-electron chi connectivity index (χ0n) is 8.38. The van der Waals surface area contributed by atoms with E-state index in [0.29, 0.717) is 5.56 Å². The molecule has 0 fully saturated rings. The highest BCUT2D eigenvalue weighted by atomic mass is 16.4. The van der Waals surface area contributed by atoms with Crippen molar-refractivity contribution < 1.29 is 19.8 Å². The van der Waals surface area contributed by atoms with Gasteiger partial charge in [-0.25, -0.2) is 9.59 Å². The number of carboxylic acids is 2. The summed E-state index contributed by atoms with van der Waals surface area (Å²) in [5.41, 5.74) is 11.1. The van der Waals surface area contributed by atoms with Crippen LogP contribution in [0.15, 0.2) is 18.2 Å². The Morgan fingerprint density at radius 3 is 2.31 bits per heavy atom. The molecule has 0 unspecified atom stereocenters. The van der Waals surface area contributed by atoms with Gasteiger partial charge in [0.2, 0.25) is 0 Å². The first-order valence-electron chi connectivity index (χ1n) is 4.53. The normalized spacial score (nSPS) is 12.1. The maximum Gasteiger partial charge on any atom is 0.336 e. The van der Waals surface area contributed by atoms with Crippen molar-refractivity contribution in [3.05, 3.63) is 34.9 Å². The summed E-state index contributed by atoms with van der Waals surface area (Å²) < 4.78 is 0. The van der Waals surface area contributed by atoms with E-state index in [0.717, 1.165) is 6.07 Å². The van der Waals surface area contributed by atoms with Crippen LogP contribution < -0.4 is 11.5 Å². The van der Waals surface area contributed by atoms with Crippen molar-refractivity contribution in [1.82, 2.24) is 0 Å². The summed E-state index contributed by atoms with van der Waals surface area (Å²) in [6.07, 6.45) is 0. The molecule has 1 atom stereocenters. The summed E-state index contributed by atoms with van der Waals surface area (Å²) in [5.74, 6) is -2.41. The van der Waals surface area contributed by atoms with Crippen LogP contribution in [0.5, 0.6) is 0 Å². The third-order valence-corrected chi connectivity index (χ3v) is 2.18. The van der Waals surface area contributed by atoms with E-state index >= 15 is 0 Å². The van der Waals surface area contributed by atoms with Gasteiger partial charge in [0.1, 0.15) is 0 Å². The summed E-state index contributed by atoms with van der Waals surface area (Å²) in [4.78, 5) is 21.6. The van der Waals surface area contributed by atoms with Crippen LogP contribution in [0.1, 0.15) is 32.3 Å². The van der Waals surface area contributed by atoms with Crippen molar-refractivity contribution in [3.8, 4) is 0 Å². The number of nitrogens with two attached hydrogens (primary N) is 2. The second kappa shape index (κ2) is 4.73. The molecule has 0 aliphatic heterocycles. The van der Waals surface area contributed by atoms with Gasteiger partial charge in [-0.2, -0.15) is 0 Å². The zero-order valence-corrected chi connectivity index (χ0v) is 8.38. The predicted molar refractivity (Wildman–Crippen MR) is 56.3 cm³/mol. The molecule has 0 heterocycles. The minimum atomic E-state index is -1.22. The fraction of sp³-hybridized carbons (Fsp3) is 0.200. The van der Waals surface area contributed by atoms with Gasteiger partial charge in [-0.05, 0) is 17.7 Å². The van der Waals surface area contributed by atoms with Gasteiger partial charge in [0, 0.05) is 12.6 Å². The summed E-state index contributed by atoms with van der Waals surface area (Å²) in [7, 11) is 0. The van der Waals surface area contributed by atoms with Crippen molar-refractivity contribution in [2.24, 2.45) is 11.5 Å². The van der Waals surface area contributed by atoms with Gasteiger partial charge < -0.3 is 21.7 Å². The van der Waals surface area contributed by atoms with Crippen molar-refractivity contribution >= 4 is 11.9 Å². The molecule has 0 aromatic heterocycles. The number of benzene rings is 1. The third-order valence-electron chi connectivity index (χ3n) is 2.18. The van der Waals surface area contributed by atoms with Gasteiger partial charge >= 0.3 is 11.9 Å². The fourth-order valence-corrected chi connectivity index (χ4v) is 1.32. The van der Waals surface area contributed by atoms with Gasteiger partial charge in [-0.1, -0.05) is 6.07 Å². The third kappa shape index (κ3) is 2.36. The molecule has 6 nitrogen and oxygen atoms in total. The average Bonchev–Trinajstić information content (AvgIpc) is 2.26. The van der Waals surface area contributed by atoms with E-state index in [9.17, 15) is 9.59 Å². The Hall–Kier alpha value is -1.92. The van der Waals surface area contributed by atoms with Gasteiger partial charge in [0.05, 0.1) is 11.1 Å². The molecule has 0 saturated carbocycles. The standard InChI is InChI=1S/C10H12N2O4/c11-4-8(12)6-2-1-5(9(13)14)3-7(6)10(15)16/h1-3,8H,4,11-12H2,(H,13,14)(H,15,16)/t8-/m1/s1. The Labute approximate surface area is 91.5 Å². The van der Waals surface area contributed by atoms with Crippen LogP contribution in [0.4, 0.5) is 0 Å². The lowest BCUT2D eigenvalue weighted by Crippen LogP contribution is -2.23. The Kier molecular flexibility index (Phi) is 3.60. The van der Waals surface area contributed by atoms with E-state index < -0.39 is 18.0 Å². The van der Waals surface area contributed by atoms with E-state index in [2.05, 4.69) is 0 Å². The molecule has 1 aromatic carbocycles. The number of hydrogen-bond acceptors (Lipinski definition) is 4. The maximum absolute atomic E-state index is 10.9. The first kappa shape index (κ1) is 12.2. The van der Waals surface area contributed by atoms with Crippen LogP contribution in [0.3, 0.4) is 0 Å². The lowest BCUT2D eigenvalue weighted by molar-refractivity contribution is 0.0695. The van der Waals surface area contributed by atoms with Gasteiger partial charge in [-0.3, -0.25) is 0 Å². The highest BCUT2D eigenvalue weighted by molar-refractivity contribution is 5.95. The minimum Gasteiger partial charge on any atom is -0.478 e. The Morgan fingerprint density at radius 2 is 1.88 bits per heavy atom. The molecule has 6 heteroatoms. The molecule has 0 aliphatic rings. The van der Waals surface area contributed by atoms with Crippen LogP contribution in [-0.4, -0.2) is 28.7 Å². The summed E-state index contributed by atoms with van der Waals surface area (Å²) in [6.45, 7) is 0.0900. The molecule has 0 bridgehead atoms. The number of aromatic carboxylic acids is 2. The fourth-order valence-electron chi connectivity index (χ4n) is 1.32. The average molecular weight is 224 g/mol. The number of rotatable bonds is 4. The van der Waals surface area contributed by atoms with E-state index in [-0.39, 0.29) is 17.7 Å². The van der Waals surface area contributed by atoms with E-state index in [4.69, 9.17) is 21.7 Å². The second-order valence-corrected chi connectivity index (χ2v) is 3.25. The SMILES string of the molecule is NC[C@@H](N)c1ccc(C(=O)O)cc1C(=O)O. The van der Waals surface area contributed by atoms with E-state index in [1.54, 1.807) is 0 Å². The molecule has 0 amide bonds. The van der Waals surface area contributed by atoms with Crippen LogP contribution >= 0.6 is 0 Å². The molecule has 1 rings (SSSR count). The van der Waals surface area contributed by atoms with Crippen molar-refractivity contribution in [2.45, 2.75) is 6.04 Å². The van der Waals surface area contributed by atoms with Crippen LogP contribution in [0, 0.1) is 0 Å². The molecule has 0 spiro atoms. The van der Waals surface area contributed by atoms with Crippen LogP contribution in [0.25, 0.3) is 0 Å². The smallest absolute Gasteiger partial charge is 0.336 e. The highest BCUT2D eigenvalue weighted by Crippen LogP contribution is 2.17. The second-order valence-electron chi connectivity index (χ2n) is 3.25. The van der Waals surface area contributed by atoms with Crippen LogP contribution in [0.2, 0.25) is 0 Å². The number of hydrogen-bond donors (Lipinski definition) is 4. The molecule has 6 N–H and O–H groups in total. The van der Waals surface area contributed by atoms with Gasteiger partial charge in [0.25, 0.3) is 0 Å². The zero-order chi connectivity index (χ0) is 12.3. The largest absolute Gasteiger partial charge is 0.478 e. The number of carbonyl (C=O) groups is 2. The summed E-state index contributed by atoms with van der Waals surface area (Å²) in [6, 6.07) is 3.15. The van der Waals surface area contributed by atoms with Gasteiger partial charge in [0.15, 0.2) is 0 Å². The molecule has 0 radical (unpaired) electrons. The molecule has 0 saturated heterocycles. The topological polar surface area (TPSA) is 127 Å². The predicted octanol–water partition coefficient (Wildman–Crippen LogP) is 0.0415. The summed E-state index contributed by atoms with van der Waals surface area (Å²) in [5, 5.41) is 17.7. The van der Waals surface area contributed by atoms with E-state index in [1.165, 1.54) is 12.1 Å². The van der Waals surface area contributed by atoms with E-state index in [1.807, 2.05) is 0 Å². The van der Waals surface area contributed by atoms with Crippen molar-refractivity contribution in [2.75, 3.05) is 6.54 Å². The Bertz CT molecular complexity index is 431. The number of carboxylic acid groups (broad SMARTS) is 2. The first-order chi connectivity index (χ1) is 7.47. The quantitative estimate of drug-likeness (QED) is 0.572. The molecular weight excluding hydrogens is 212 g/mol. The molecule has 0 aliphatic carbocycles. The lowest BCUT2D eigenvalue weighted by atomic mass is 9.98. The minimum absolute atomic E-state index is 0.0900. The highest BCUT2D eigenvalue weighted by Gasteiger charge is 2.17. The summed E-state index contributed by atoms with van der Waals surface area (Å²) >= 11 is 0. The van der Waals surface area contributed by atoms with Crippen molar-refractivity contribution in [1.29, 1.82) is 0 Å². The maximum atomic E-state index is 10.9. The monoisotopic (exact) mass is 224 g/mol. The molecular formula is C10H12N2O4. The van der Waals surface area contributed by atoms with Gasteiger partial charge in [-0.15, -0.1) is 0 Å². The first-order valence-corrected chi connectivity index (χ1v) is 4.53. The molecule has 1 aromatic rings. The Morgan fingerprint density at radius 1 is 1.25 bits per heavy atom. The Balaban J connectivity index is 3.30. The molecule has 86 valence electrons. The van der Waals surface area contributed by atoms with Crippen LogP contribution in [-0.2, 0) is 0 Å². The lowest BCUT2D eigenvalue weighted by Gasteiger charge is -2.12.